The number of para-hydroxylation sites is 1. The lowest BCUT2D eigenvalue weighted by Gasteiger charge is -2.20. The van der Waals surface area contributed by atoms with Crippen LogP contribution in [-0.2, 0) is 9.53 Å². The maximum absolute atomic E-state index is 11.8. The lowest BCUT2D eigenvalue weighted by atomic mass is 10.1. The summed E-state index contributed by atoms with van der Waals surface area (Å²) in [5.41, 5.74) is -0.335. The molecule has 0 aromatic heterocycles. The Bertz CT molecular complexity index is 429. The summed E-state index contributed by atoms with van der Waals surface area (Å²) in [5, 5.41) is 0. The Kier molecular flexibility index (Phi) is 3.89. The highest BCUT2D eigenvalue weighted by molar-refractivity contribution is 5.93. The standard InChI is InChI=1S/C13H16O4/c1-9(14)16-11-8-6-5-7-10(11)12(15)17-13(2,3)4/h5-8H,1-4H3. The van der Waals surface area contributed by atoms with Gasteiger partial charge in [-0.25, -0.2) is 4.79 Å². The van der Waals surface area contributed by atoms with Gasteiger partial charge in [0.15, 0.2) is 0 Å². The fourth-order valence-corrected chi connectivity index (χ4v) is 1.21. The van der Waals surface area contributed by atoms with Crippen LogP contribution in [0.3, 0.4) is 0 Å². The van der Waals surface area contributed by atoms with E-state index in [9.17, 15) is 9.59 Å². The summed E-state index contributed by atoms with van der Waals surface area (Å²) in [4.78, 5) is 22.7. The third-order valence-corrected chi connectivity index (χ3v) is 1.76. The van der Waals surface area contributed by atoms with E-state index in [-0.39, 0.29) is 11.3 Å². The molecule has 0 heterocycles. The minimum atomic E-state index is -0.583. The van der Waals surface area contributed by atoms with E-state index >= 15 is 0 Å². The first-order valence-corrected chi connectivity index (χ1v) is 5.30. The van der Waals surface area contributed by atoms with Gasteiger partial charge in [0.25, 0.3) is 0 Å². The van der Waals surface area contributed by atoms with Gasteiger partial charge in [-0.2, -0.15) is 0 Å². The number of hydrogen-bond acceptors (Lipinski definition) is 4. The third-order valence-electron chi connectivity index (χ3n) is 1.76. The number of hydrogen-bond donors (Lipinski definition) is 0. The number of esters is 2. The van der Waals surface area contributed by atoms with Crippen LogP contribution in [0.5, 0.6) is 5.75 Å². The van der Waals surface area contributed by atoms with Crippen LogP contribution in [0.25, 0.3) is 0 Å². The number of carbonyl (C=O) groups is 2. The molecule has 1 rings (SSSR count). The van der Waals surface area contributed by atoms with Crippen LogP contribution < -0.4 is 4.74 Å². The van der Waals surface area contributed by atoms with E-state index in [1.807, 2.05) is 0 Å². The van der Waals surface area contributed by atoms with Crippen molar-refractivity contribution in [3.63, 3.8) is 0 Å². The Morgan fingerprint density at radius 3 is 2.24 bits per heavy atom. The number of rotatable bonds is 2. The van der Waals surface area contributed by atoms with Gasteiger partial charge < -0.3 is 9.47 Å². The molecule has 92 valence electrons. The summed E-state index contributed by atoms with van der Waals surface area (Å²) in [6, 6.07) is 6.49. The SMILES string of the molecule is CC(=O)Oc1ccccc1C(=O)OC(C)(C)C. The van der Waals surface area contributed by atoms with Crippen molar-refractivity contribution in [3.8, 4) is 5.75 Å². The maximum Gasteiger partial charge on any atom is 0.342 e. The zero-order valence-corrected chi connectivity index (χ0v) is 10.4. The molecule has 1 aromatic carbocycles. The van der Waals surface area contributed by atoms with Gasteiger partial charge in [0, 0.05) is 6.92 Å². The Morgan fingerprint density at radius 2 is 1.71 bits per heavy atom. The molecule has 0 bridgehead atoms. The van der Waals surface area contributed by atoms with Gasteiger partial charge in [0.05, 0.1) is 0 Å². The van der Waals surface area contributed by atoms with E-state index in [1.54, 1.807) is 45.0 Å². The van der Waals surface area contributed by atoms with Gasteiger partial charge >= 0.3 is 11.9 Å². The largest absolute Gasteiger partial charge is 0.456 e. The molecular weight excluding hydrogens is 220 g/mol. The molecule has 0 radical (unpaired) electrons. The average Bonchev–Trinajstić information content (AvgIpc) is 2.14. The minimum absolute atomic E-state index is 0.217. The maximum atomic E-state index is 11.8. The van der Waals surface area contributed by atoms with Crippen LogP contribution in [0.2, 0.25) is 0 Å². The first-order chi connectivity index (χ1) is 7.79. The summed E-state index contributed by atoms with van der Waals surface area (Å²) in [5.74, 6) is -0.760. The van der Waals surface area contributed by atoms with E-state index < -0.39 is 17.5 Å². The quantitative estimate of drug-likeness (QED) is 0.585. The fraction of sp³-hybridized carbons (Fsp3) is 0.385. The molecular formula is C13H16O4. The van der Waals surface area contributed by atoms with Crippen LogP contribution >= 0.6 is 0 Å². The zero-order chi connectivity index (χ0) is 13.1. The predicted octanol–water partition coefficient (Wildman–Crippen LogP) is 2.57. The molecule has 0 atom stereocenters. The van der Waals surface area contributed by atoms with Crippen molar-refractivity contribution >= 4 is 11.9 Å². The molecule has 0 aliphatic heterocycles. The first kappa shape index (κ1) is 13.2. The molecule has 1 aromatic rings. The Morgan fingerprint density at radius 1 is 1.12 bits per heavy atom. The van der Waals surface area contributed by atoms with Crippen molar-refractivity contribution in [2.24, 2.45) is 0 Å². The van der Waals surface area contributed by atoms with Gasteiger partial charge in [-0.15, -0.1) is 0 Å². The van der Waals surface area contributed by atoms with Crippen molar-refractivity contribution in [1.29, 1.82) is 0 Å². The monoisotopic (exact) mass is 236 g/mol. The van der Waals surface area contributed by atoms with Crippen molar-refractivity contribution < 1.29 is 19.1 Å². The third kappa shape index (κ3) is 4.26. The molecule has 0 spiro atoms. The Hall–Kier alpha value is -1.84. The van der Waals surface area contributed by atoms with E-state index in [0.717, 1.165) is 0 Å². The van der Waals surface area contributed by atoms with Crippen molar-refractivity contribution in [1.82, 2.24) is 0 Å². The van der Waals surface area contributed by atoms with Gasteiger partial charge in [0.2, 0.25) is 0 Å². The second kappa shape index (κ2) is 4.99. The highest BCUT2D eigenvalue weighted by atomic mass is 16.6. The summed E-state index contributed by atoms with van der Waals surface area (Å²) < 4.78 is 10.2. The van der Waals surface area contributed by atoms with Gasteiger partial charge in [-0.1, -0.05) is 12.1 Å². The highest BCUT2D eigenvalue weighted by Crippen LogP contribution is 2.21. The van der Waals surface area contributed by atoms with Gasteiger partial charge in [-0.3, -0.25) is 4.79 Å². The smallest absolute Gasteiger partial charge is 0.342 e. The van der Waals surface area contributed by atoms with Crippen LogP contribution in [-0.4, -0.2) is 17.5 Å². The molecule has 0 saturated heterocycles. The predicted molar refractivity (Wildman–Crippen MR) is 62.9 cm³/mol. The number of benzene rings is 1. The normalized spacial score (nSPS) is 10.8. The van der Waals surface area contributed by atoms with Crippen molar-refractivity contribution in [2.75, 3.05) is 0 Å². The van der Waals surface area contributed by atoms with Crippen LogP contribution in [0.1, 0.15) is 38.1 Å². The van der Waals surface area contributed by atoms with Gasteiger partial charge in [-0.05, 0) is 32.9 Å². The first-order valence-electron chi connectivity index (χ1n) is 5.30. The van der Waals surface area contributed by atoms with Crippen molar-refractivity contribution in [3.05, 3.63) is 29.8 Å². The summed E-state index contributed by atoms with van der Waals surface area (Å²) in [6.45, 7) is 6.61. The molecule has 0 saturated carbocycles. The molecule has 4 nitrogen and oxygen atoms in total. The van der Waals surface area contributed by atoms with Crippen LogP contribution in [0, 0.1) is 0 Å². The Balaban J connectivity index is 2.97. The molecule has 0 amide bonds. The topological polar surface area (TPSA) is 52.6 Å². The molecule has 0 unspecified atom stereocenters. The molecule has 0 aliphatic carbocycles. The van der Waals surface area contributed by atoms with E-state index in [2.05, 4.69) is 0 Å². The lowest BCUT2D eigenvalue weighted by Crippen LogP contribution is -2.24. The average molecular weight is 236 g/mol. The summed E-state index contributed by atoms with van der Waals surface area (Å²) >= 11 is 0. The van der Waals surface area contributed by atoms with Crippen LogP contribution in [0.15, 0.2) is 24.3 Å². The molecule has 0 N–H and O–H groups in total. The van der Waals surface area contributed by atoms with Gasteiger partial charge in [0.1, 0.15) is 16.9 Å². The molecule has 4 heteroatoms. The van der Waals surface area contributed by atoms with E-state index in [0.29, 0.717) is 0 Å². The number of ether oxygens (including phenoxy) is 2. The molecule has 0 aliphatic rings. The fourth-order valence-electron chi connectivity index (χ4n) is 1.21. The molecule has 17 heavy (non-hydrogen) atoms. The molecule has 0 fully saturated rings. The second-order valence-electron chi connectivity index (χ2n) is 4.59. The second-order valence-corrected chi connectivity index (χ2v) is 4.59. The lowest BCUT2D eigenvalue weighted by molar-refractivity contribution is -0.131. The Labute approximate surface area is 101 Å². The zero-order valence-electron chi connectivity index (χ0n) is 10.4. The number of carbonyl (C=O) groups excluding carboxylic acids is 2. The van der Waals surface area contributed by atoms with Crippen LogP contribution in [0.4, 0.5) is 0 Å². The van der Waals surface area contributed by atoms with E-state index in [4.69, 9.17) is 9.47 Å². The highest BCUT2D eigenvalue weighted by Gasteiger charge is 2.21. The van der Waals surface area contributed by atoms with Crippen molar-refractivity contribution in [2.45, 2.75) is 33.3 Å². The summed E-state index contributed by atoms with van der Waals surface area (Å²) in [7, 11) is 0. The van der Waals surface area contributed by atoms with E-state index in [1.165, 1.54) is 6.92 Å². The minimum Gasteiger partial charge on any atom is -0.456 e. The summed E-state index contributed by atoms with van der Waals surface area (Å²) in [6.07, 6.45) is 0.